The first-order chi connectivity index (χ1) is 14.0. The fourth-order valence-electron chi connectivity index (χ4n) is 3.41. The molecule has 0 bridgehead atoms. The van der Waals surface area contributed by atoms with Crippen molar-refractivity contribution in [3.8, 4) is 5.75 Å². The van der Waals surface area contributed by atoms with Gasteiger partial charge < -0.3 is 14.2 Å². The Morgan fingerprint density at radius 2 is 1.90 bits per heavy atom. The highest BCUT2D eigenvalue weighted by molar-refractivity contribution is 7.27. The van der Waals surface area contributed by atoms with Gasteiger partial charge in [-0.15, -0.1) is 9.24 Å². The normalized spacial score (nSPS) is 21.3. The van der Waals surface area contributed by atoms with E-state index in [2.05, 4.69) is 21.1 Å². The second-order valence-electron chi connectivity index (χ2n) is 7.20. The van der Waals surface area contributed by atoms with Gasteiger partial charge in [0.15, 0.2) is 0 Å². The quantitative estimate of drug-likeness (QED) is 0.545. The van der Waals surface area contributed by atoms with Crippen LogP contribution in [0.1, 0.15) is 16.7 Å². The molecule has 1 saturated heterocycles. The van der Waals surface area contributed by atoms with Crippen LogP contribution >= 0.6 is 20.8 Å². The Morgan fingerprint density at radius 1 is 1.14 bits per heavy atom. The summed E-state index contributed by atoms with van der Waals surface area (Å²) in [5, 5.41) is 1.63. The van der Waals surface area contributed by atoms with E-state index in [0.717, 1.165) is 22.2 Å². The van der Waals surface area contributed by atoms with Gasteiger partial charge in [-0.05, 0) is 48.1 Å². The summed E-state index contributed by atoms with van der Waals surface area (Å²) in [5.41, 5.74) is 3.08. The first-order valence-corrected chi connectivity index (χ1v) is 10.5. The minimum atomic E-state index is -0.960. The highest BCUT2D eigenvalue weighted by Gasteiger charge is 2.45. The number of hydrogen-bond donors (Lipinski definition) is 0. The first-order valence-electron chi connectivity index (χ1n) is 9.50. The molecule has 0 aliphatic carbocycles. The summed E-state index contributed by atoms with van der Waals surface area (Å²) in [4.78, 5) is 4.10. The lowest BCUT2D eigenvalue weighted by molar-refractivity contribution is -0.178. The number of hydrogen-bond acceptors (Lipinski definition) is 4. The van der Waals surface area contributed by atoms with Crippen LogP contribution < -0.4 is 10.0 Å². The Hall–Kier alpha value is -1.97. The Bertz CT molecular complexity index is 968. The van der Waals surface area contributed by atoms with Crippen molar-refractivity contribution in [2.45, 2.75) is 25.2 Å². The molecule has 0 N–H and O–H groups in total. The van der Waals surface area contributed by atoms with Gasteiger partial charge in [-0.3, -0.25) is 4.98 Å². The van der Waals surface area contributed by atoms with Gasteiger partial charge in [0.25, 0.3) is 0 Å². The lowest BCUT2D eigenvalue weighted by atomic mass is 9.98. The number of ether oxygens (including phenoxy) is 3. The number of nitrogens with zero attached hydrogens (tertiary/aromatic N) is 1. The van der Waals surface area contributed by atoms with Gasteiger partial charge in [-0.25, -0.2) is 0 Å². The Kier molecular flexibility index (Phi) is 6.17. The molecule has 0 spiro atoms. The average Bonchev–Trinajstić information content (AvgIpc) is 3.12. The molecule has 3 aromatic rings. The van der Waals surface area contributed by atoms with Crippen LogP contribution in [0.25, 0.3) is 0 Å². The average molecular weight is 428 g/mol. The van der Waals surface area contributed by atoms with Crippen LogP contribution in [0.5, 0.6) is 5.75 Å². The van der Waals surface area contributed by atoms with Gasteiger partial charge in [-0.2, -0.15) is 0 Å². The zero-order valence-electron chi connectivity index (χ0n) is 16.2. The predicted octanol–water partition coefficient (Wildman–Crippen LogP) is 4.43. The SMILES string of the molecule is Cc1ccc(OCC2COC(Cc3ccncc3)(c3ccc(P)cc3Cl)O2)cc1. The number of benzene rings is 2. The summed E-state index contributed by atoms with van der Waals surface area (Å²) in [6.07, 6.45) is 3.86. The number of aryl methyl sites for hydroxylation is 1. The van der Waals surface area contributed by atoms with E-state index in [-0.39, 0.29) is 6.10 Å². The van der Waals surface area contributed by atoms with Crippen LogP contribution in [0.4, 0.5) is 0 Å². The maximum Gasteiger partial charge on any atom is 0.201 e. The minimum absolute atomic E-state index is 0.204. The lowest BCUT2D eigenvalue weighted by Crippen LogP contribution is -2.32. The maximum absolute atomic E-state index is 6.58. The number of aromatic nitrogens is 1. The molecule has 1 aromatic heterocycles. The molecule has 1 aliphatic heterocycles. The van der Waals surface area contributed by atoms with E-state index in [1.54, 1.807) is 12.4 Å². The molecule has 2 heterocycles. The van der Waals surface area contributed by atoms with Crippen molar-refractivity contribution in [3.05, 3.63) is 88.7 Å². The summed E-state index contributed by atoms with van der Waals surface area (Å²) < 4.78 is 18.6. The van der Waals surface area contributed by atoms with Gasteiger partial charge in [0, 0.05) is 29.4 Å². The molecule has 6 heteroatoms. The Labute approximate surface area is 178 Å². The van der Waals surface area contributed by atoms with Gasteiger partial charge in [0.2, 0.25) is 5.79 Å². The third-order valence-electron chi connectivity index (χ3n) is 4.91. The van der Waals surface area contributed by atoms with Gasteiger partial charge in [0.05, 0.1) is 6.61 Å². The molecule has 1 fully saturated rings. The molecule has 2 aromatic carbocycles. The van der Waals surface area contributed by atoms with Crippen LogP contribution in [0, 0.1) is 6.92 Å². The summed E-state index contributed by atoms with van der Waals surface area (Å²) in [6.45, 7) is 2.88. The molecule has 0 saturated carbocycles. The third kappa shape index (κ3) is 4.79. The third-order valence-corrected chi connectivity index (χ3v) is 5.58. The van der Waals surface area contributed by atoms with E-state index < -0.39 is 5.79 Å². The monoisotopic (exact) mass is 427 g/mol. The fraction of sp³-hybridized carbons (Fsp3) is 0.261. The van der Waals surface area contributed by atoms with Crippen molar-refractivity contribution < 1.29 is 14.2 Å². The number of halogens is 1. The summed E-state index contributed by atoms with van der Waals surface area (Å²) in [6, 6.07) is 17.8. The van der Waals surface area contributed by atoms with Crippen molar-refractivity contribution in [1.29, 1.82) is 0 Å². The van der Waals surface area contributed by atoms with E-state index in [1.165, 1.54) is 5.56 Å². The molecule has 1 aliphatic rings. The standard InChI is InChI=1S/C23H23ClNO3P/c1-16-2-4-18(5-3-16)26-14-19-15-27-23(28-19,13-17-8-10-25-11-9-17)21-7-6-20(29)12-22(21)24/h2-12,19H,13-15,29H2,1H3. The summed E-state index contributed by atoms with van der Waals surface area (Å²) in [5.74, 6) is -0.144. The van der Waals surface area contributed by atoms with Crippen LogP contribution in [0.2, 0.25) is 5.02 Å². The molecular formula is C23H23ClNO3P. The second kappa shape index (κ2) is 8.81. The van der Waals surface area contributed by atoms with Crippen molar-refractivity contribution in [2.24, 2.45) is 0 Å². The molecule has 3 unspecified atom stereocenters. The van der Waals surface area contributed by atoms with E-state index in [1.807, 2.05) is 54.6 Å². The van der Waals surface area contributed by atoms with E-state index in [0.29, 0.717) is 24.7 Å². The zero-order valence-corrected chi connectivity index (χ0v) is 18.1. The molecular weight excluding hydrogens is 405 g/mol. The number of pyridine rings is 1. The van der Waals surface area contributed by atoms with E-state index >= 15 is 0 Å². The van der Waals surface area contributed by atoms with Gasteiger partial charge in [-0.1, -0.05) is 41.4 Å². The smallest absolute Gasteiger partial charge is 0.201 e. The van der Waals surface area contributed by atoms with Crippen LogP contribution in [-0.2, 0) is 21.7 Å². The summed E-state index contributed by atoms with van der Waals surface area (Å²) in [7, 11) is 2.66. The maximum atomic E-state index is 6.58. The molecule has 4 nitrogen and oxygen atoms in total. The van der Waals surface area contributed by atoms with Crippen molar-refractivity contribution in [2.75, 3.05) is 13.2 Å². The molecule has 0 amide bonds. The molecule has 150 valence electrons. The second-order valence-corrected chi connectivity index (χ2v) is 8.27. The van der Waals surface area contributed by atoms with E-state index in [4.69, 9.17) is 25.8 Å². The predicted molar refractivity (Wildman–Crippen MR) is 118 cm³/mol. The lowest BCUT2D eigenvalue weighted by Gasteiger charge is -2.30. The zero-order chi connectivity index (χ0) is 20.3. The number of rotatable bonds is 6. The van der Waals surface area contributed by atoms with E-state index in [9.17, 15) is 0 Å². The van der Waals surface area contributed by atoms with Crippen LogP contribution in [0.3, 0.4) is 0 Å². The Balaban J connectivity index is 1.55. The van der Waals surface area contributed by atoms with Gasteiger partial charge in [0.1, 0.15) is 18.5 Å². The summed E-state index contributed by atoms with van der Waals surface area (Å²) >= 11 is 6.58. The van der Waals surface area contributed by atoms with Crippen molar-refractivity contribution in [1.82, 2.24) is 4.98 Å². The van der Waals surface area contributed by atoms with Crippen LogP contribution in [-0.4, -0.2) is 24.3 Å². The van der Waals surface area contributed by atoms with Crippen LogP contribution in [0.15, 0.2) is 67.0 Å². The highest BCUT2D eigenvalue weighted by Crippen LogP contribution is 2.40. The largest absolute Gasteiger partial charge is 0.491 e. The fourth-order valence-corrected chi connectivity index (χ4v) is 4.11. The highest BCUT2D eigenvalue weighted by atomic mass is 35.5. The van der Waals surface area contributed by atoms with Gasteiger partial charge >= 0.3 is 0 Å². The Morgan fingerprint density at radius 3 is 2.62 bits per heavy atom. The first kappa shape index (κ1) is 20.3. The molecule has 0 radical (unpaired) electrons. The van der Waals surface area contributed by atoms with Crippen molar-refractivity contribution >= 4 is 26.1 Å². The molecule has 4 rings (SSSR count). The molecule has 3 atom stereocenters. The molecule has 29 heavy (non-hydrogen) atoms. The van der Waals surface area contributed by atoms with Crippen molar-refractivity contribution in [3.63, 3.8) is 0 Å². The minimum Gasteiger partial charge on any atom is -0.491 e. The topological polar surface area (TPSA) is 40.6 Å².